The monoisotopic (exact) mass is 201 g/mol. The summed E-state index contributed by atoms with van der Waals surface area (Å²) in [5.41, 5.74) is 4.29. The van der Waals surface area contributed by atoms with Gasteiger partial charge in [0, 0.05) is 12.3 Å². The Morgan fingerprint density at radius 1 is 1.31 bits per heavy atom. The summed E-state index contributed by atoms with van der Waals surface area (Å²) in [6.45, 7) is 0. The van der Waals surface area contributed by atoms with Gasteiger partial charge in [-0.3, -0.25) is 5.50 Å². The summed E-state index contributed by atoms with van der Waals surface area (Å²) in [6.07, 6.45) is 6.79. The van der Waals surface area contributed by atoms with Crippen molar-refractivity contribution in [2.75, 3.05) is 0 Å². The zero-order valence-electron chi connectivity index (χ0n) is 7.61. The van der Waals surface area contributed by atoms with Gasteiger partial charge in [-0.2, -0.15) is 0 Å². The Labute approximate surface area is 80.3 Å². The van der Waals surface area contributed by atoms with Crippen molar-refractivity contribution in [2.45, 2.75) is 32.1 Å². The second-order valence-corrected chi connectivity index (χ2v) is 4.13. The minimum atomic E-state index is -2.12. The van der Waals surface area contributed by atoms with E-state index < -0.39 is 8.53 Å². The summed E-state index contributed by atoms with van der Waals surface area (Å²) in [4.78, 5) is 14.9. The number of nitrogens with two attached hydrogens (primary N) is 1. The first-order chi connectivity index (χ1) is 6.20. The molecule has 2 unspecified atom stereocenters. The fourth-order valence-electron chi connectivity index (χ4n) is 1.57. The van der Waals surface area contributed by atoms with Crippen molar-refractivity contribution in [3.63, 3.8) is 0 Å². The smallest absolute Gasteiger partial charge is 0.247 e. The molecule has 0 aromatic carbocycles. The number of fused-ring (bicyclic) bond motifs is 1. The normalized spacial score (nSPS) is 29.8. The number of hydrogen-bond acceptors (Lipinski definition) is 3. The molecule has 2 aliphatic carbocycles. The largest absolute Gasteiger partial charge is 0.338 e. The molecule has 0 heterocycles. The van der Waals surface area contributed by atoms with E-state index in [9.17, 15) is 0 Å². The molecule has 0 aromatic heterocycles. The van der Waals surface area contributed by atoms with Crippen LogP contribution >= 0.6 is 8.53 Å². The SMILES string of the molecule is C1#CC2CC2CCCC1.NP(O)O. The van der Waals surface area contributed by atoms with Crippen molar-refractivity contribution in [3.05, 3.63) is 0 Å². The van der Waals surface area contributed by atoms with E-state index in [-0.39, 0.29) is 0 Å². The van der Waals surface area contributed by atoms with Crippen LogP contribution < -0.4 is 5.50 Å². The molecule has 0 spiro atoms. The van der Waals surface area contributed by atoms with E-state index in [2.05, 4.69) is 17.3 Å². The Morgan fingerprint density at radius 2 is 2.00 bits per heavy atom. The molecule has 2 rings (SSSR count). The van der Waals surface area contributed by atoms with Gasteiger partial charge in [0.25, 0.3) is 0 Å². The van der Waals surface area contributed by atoms with E-state index in [0.29, 0.717) is 0 Å². The molecule has 1 saturated carbocycles. The van der Waals surface area contributed by atoms with Crippen LogP contribution in [0.4, 0.5) is 0 Å². The molecule has 0 radical (unpaired) electrons. The third-order valence-corrected chi connectivity index (χ3v) is 2.34. The zero-order valence-corrected chi connectivity index (χ0v) is 8.50. The minimum Gasteiger partial charge on any atom is -0.338 e. The van der Waals surface area contributed by atoms with E-state index in [1.54, 1.807) is 0 Å². The van der Waals surface area contributed by atoms with Gasteiger partial charge < -0.3 is 9.79 Å². The predicted octanol–water partition coefficient (Wildman–Crippen LogP) is 1.36. The maximum atomic E-state index is 7.45. The molecule has 2 aliphatic rings. The van der Waals surface area contributed by atoms with Gasteiger partial charge in [0.05, 0.1) is 0 Å². The first kappa shape index (κ1) is 10.9. The standard InChI is InChI=1S/C9H12.H4NO2P/c1-2-4-6-9-7-8(9)5-3-1;1-4(2)3/h8-9H,1-3,5,7H2;2-3H,1H2. The molecule has 2 atom stereocenters. The van der Waals surface area contributed by atoms with Crippen molar-refractivity contribution in [2.24, 2.45) is 17.3 Å². The van der Waals surface area contributed by atoms with Gasteiger partial charge in [-0.25, -0.2) is 0 Å². The molecule has 0 aromatic rings. The van der Waals surface area contributed by atoms with Crippen LogP contribution in [0.5, 0.6) is 0 Å². The topological polar surface area (TPSA) is 66.5 Å². The molecule has 13 heavy (non-hydrogen) atoms. The van der Waals surface area contributed by atoms with Gasteiger partial charge in [-0.1, -0.05) is 12.3 Å². The number of rotatable bonds is 0. The molecule has 0 saturated heterocycles. The highest BCUT2D eigenvalue weighted by molar-refractivity contribution is 7.42. The van der Waals surface area contributed by atoms with Crippen LogP contribution in [0.3, 0.4) is 0 Å². The third-order valence-electron chi connectivity index (χ3n) is 2.34. The van der Waals surface area contributed by atoms with Crippen LogP contribution in [0.1, 0.15) is 32.1 Å². The lowest BCUT2D eigenvalue weighted by atomic mass is 10.1. The fraction of sp³-hybridized carbons (Fsp3) is 0.778. The summed E-state index contributed by atoms with van der Waals surface area (Å²) in [5, 5.41) is 0. The van der Waals surface area contributed by atoms with Crippen LogP contribution in [0.2, 0.25) is 0 Å². The summed E-state index contributed by atoms with van der Waals surface area (Å²) < 4.78 is 0. The van der Waals surface area contributed by atoms with Crippen LogP contribution in [0.25, 0.3) is 0 Å². The molecule has 0 amide bonds. The summed E-state index contributed by atoms with van der Waals surface area (Å²) in [5.74, 6) is 8.37. The van der Waals surface area contributed by atoms with Crippen molar-refractivity contribution in [1.82, 2.24) is 0 Å². The van der Waals surface area contributed by atoms with E-state index >= 15 is 0 Å². The fourth-order valence-corrected chi connectivity index (χ4v) is 1.57. The Balaban J connectivity index is 0.000000184. The van der Waals surface area contributed by atoms with Gasteiger partial charge in [0.15, 0.2) is 0 Å². The summed E-state index contributed by atoms with van der Waals surface area (Å²) in [7, 11) is -2.12. The molecule has 4 N–H and O–H groups in total. The van der Waals surface area contributed by atoms with Gasteiger partial charge in [0.2, 0.25) is 8.53 Å². The molecule has 0 aliphatic heterocycles. The highest BCUT2D eigenvalue weighted by Crippen LogP contribution is 2.42. The highest BCUT2D eigenvalue weighted by Gasteiger charge is 2.34. The van der Waals surface area contributed by atoms with Gasteiger partial charge in [0.1, 0.15) is 0 Å². The molecule has 1 fully saturated rings. The first-order valence-corrected chi connectivity index (χ1v) is 5.92. The second-order valence-electron chi connectivity index (χ2n) is 3.49. The molecule has 74 valence electrons. The minimum absolute atomic E-state index is 0.824. The first-order valence-electron chi connectivity index (χ1n) is 4.61. The van der Waals surface area contributed by atoms with Gasteiger partial charge in [-0.15, -0.1) is 5.92 Å². The zero-order chi connectivity index (χ0) is 9.68. The maximum absolute atomic E-state index is 7.45. The Morgan fingerprint density at radius 3 is 2.69 bits per heavy atom. The van der Waals surface area contributed by atoms with E-state index in [1.807, 2.05) is 0 Å². The van der Waals surface area contributed by atoms with E-state index in [0.717, 1.165) is 18.3 Å². The van der Waals surface area contributed by atoms with Crippen LogP contribution in [-0.2, 0) is 0 Å². The average Bonchev–Trinajstić information content (AvgIpc) is 2.64. The van der Waals surface area contributed by atoms with Crippen molar-refractivity contribution < 1.29 is 9.79 Å². The summed E-state index contributed by atoms with van der Waals surface area (Å²) in [6, 6.07) is 0. The highest BCUT2D eigenvalue weighted by atomic mass is 31.2. The lowest BCUT2D eigenvalue weighted by molar-refractivity contribution is 0.485. The van der Waals surface area contributed by atoms with E-state index in [1.165, 1.54) is 25.7 Å². The van der Waals surface area contributed by atoms with Crippen molar-refractivity contribution >= 4 is 8.53 Å². The average molecular weight is 201 g/mol. The third kappa shape index (κ3) is 5.23. The second kappa shape index (κ2) is 5.57. The van der Waals surface area contributed by atoms with Crippen molar-refractivity contribution in [1.29, 1.82) is 0 Å². The van der Waals surface area contributed by atoms with Gasteiger partial charge >= 0.3 is 0 Å². The van der Waals surface area contributed by atoms with Crippen LogP contribution in [0.15, 0.2) is 0 Å². The Kier molecular flexibility index (Phi) is 4.69. The molecule has 4 heteroatoms. The van der Waals surface area contributed by atoms with Crippen LogP contribution in [0, 0.1) is 23.7 Å². The Hall–Kier alpha value is -0.130. The number of hydrogen-bond donors (Lipinski definition) is 3. The maximum Gasteiger partial charge on any atom is 0.247 e. The molecule has 0 bridgehead atoms. The summed E-state index contributed by atoms with van der Waals surface area (Å²) >= 11 is 0. The van der Waals surface area contributed by atoms with E-state index in [4.69, 9.17) is 9.79 Å². The van der Waals surface area contributed by atoms with Crippen LogP contribution in [-0.4, -0.2) is 9.79 Å². The lowest BCUT2D eigenvalue weighted by Crippen LogP contribution is -1.84. The lowest BCUT2D eigenvalue weighted by Gasteiger charge is -1.97. The molecular weight excluding hydrogens is 185 g/mol. The quantitative estimate of drug-likeness (QED) is 0.409. The molecule has 3 nitrogen and oxygen atoms in total. The Bertz CT molecular complexity index is 207. The molecular formula is C9H16NO2P. The van der Waals surface area contributed by atoms with Gasteiger partial charge in [-0.05, 0) is 25.2 Å². The van der Waals surface area contributed by atoms with Crippen molar-refractivity contribution in [3.8, 4) is 11.8 Å². The predicted molar refractivity (Wildman–Crippen MR) is 53.4 cm³/mol.